The zero-order chi connectivity index (χ0) is 23.3. The van der Waals surface area contributed by atoms with Crippen LogP contribution >= 0.6 is 0 Å². The molecule has 1 aromatic heterocycles. The van der Waals surface area contributed by atoms with Crippen LogP contribution in [0.25, 0.3) is 22.5 Å². The van der Waals surface area contributed by atoms with E-state index < -0.39 is 23.7 Å². The van der Waals surface area contributed by atoms with E-state index in [0.29, 0.717) is 30.1 Å². The van der Waals surface area contributed by atoms with Crippen molar-refractivity contribution in [1.29, 1.82) is 0 Å². The first-order valence-corrected chi connectivity index (χ1v) is 10.9. The van der Waals surface area contributed by atoms with Gasteiger partial charge in [-0.25, -0.2) is 9.78 Å². The Balaban J connectivity index is 1.95. The van der Waals surface area contributed by atoms with Gasteiger partial charge in [-0.15, -0.1) is 10.2 Å². The summed E-state index contributed by atoms with van der Waals surface area (Å²) >= 11 is 0. The number of rotatable bonds is 9. The Bertz CT molecular complexity index is 1170. The first-order chi connectivity index (χ1) is 16.0. The van der Waals surface area contributed by atoms with Crippen LogP contribution in [0, 0.1) is 0 Å². The number of benzene rings is 2. The number of ether oxygens (including phenoxy) is 1. The van der Waals surface area contributed by atoms with Gasteiger partial charge >= 0.3 is 5.97 Å². The molecule has 2 heterocycles. The highest BCUT2D eigenvalue weighted by atomic mass is 16.5. The van der Waals surface area contributed by atoms with Crippen molar-refractivity contribution in [1.82, 2.24) is 15.2 Å². The van der Waals surface area contributed by atoms with Gasteiger partial charge in [-0.05, 0) is 19.4 Å². The summed E-state index contributed by atoms with van der Waals surface area (Å²) in [6, 6.07) is 19.5. The van der Waals surface area contributed by atoms with E-state index in [1.54, 1.807) is 6.21 Å². The van der Waals surface area contributed by atoms with Crippen LogP contribution in [-0.2, 0) is 15.1 Å². The second kappa shape index (κ2) is 9.42. The Hall–Kier alpha value is -3.71. The number of aliphatic imine (C=N–C) groups is 1. The van der Waals surface area contributed by atoms with Crippen LogP contribution in [0.5, 0.6) is 0 Å². The van der Waals surface area contributed by atoms with Gasteiger partial charge in [-0.2, -0.15) is 0 Å². The van der Waals surface area contributed by atoms with E-state index in [0.717, 1.165) is 11.1 Å². The molecule has 7 heteroatoms. The van der Waals surface area contributed by atoms with Gasteiger partial charge in [0.05, 0.1) is 0 Å². The van der Waals surface area contributed by atoms with Gasteiger partial charge in [0.1, 0.15) is 23.5 Å². The van der Waals surface area contributed by atoms with Crippen LogP contribution in [0.15, 0.2) is 77.8 Å². The molecule has 2 aromatic carbocycles. The van der Waals surface area contributed by atoms with Crippen LogP contribution in [0.4, 0.5) is 0 Å². The molecule has 7 nitrogen and oxygen atoms in total. The largest absolute Gasteiger partial charge is 0.480 e. The third kappa shape index (κ3) is 4.32. The molecular formula is C26H26N4O3. The minimum Gasteiger partial charge on any atom is -0.480 e. The fraction of sp³-hybridized carbons (Fsp3) is 0.269. The molecule has 168 valence electrons. The molecule has 0 radical (unpaired) electrons. The number of hydrogen-bond donors (Lipinski definition) is 1. The molecule has 4 rings (SSSR count). The molecule has 1 aliphatic heterocycles. The highest BCUT2D eigenvalue weighted by molar-refractivity contribution is 5.78. The maximum atomic E-state index is 11.5. The standard InChI is InChI=1S/C26H26N4O3/c1-3-15-26(33-18-21(31)32,25(2)16-10-17-27-25)24-28-22(19-11-6-4-7-12-19)23(29-30-24)20-13-8-5-9-14-20/h4-14,16-17H,3,15,18H2,1-2H3,(H,31,32). The molecule has 3 aromatic rings. The molecular weight excluding hydrogens is 416 g/mol. The maximum Gasteiger partial charge on any atom is 0.329 e. The van der Waals surface area contributed by atoms with Gasteiger partial charge in [0.2, 0.25) is 0 Å². The van der Waals surface area contributed by atoms with Crippen molar-refractivity contribution >= 4 is 12.2 Å². The Morgan fingerprint density at radius 1 is 1.00 bits per heavy atom. The molecule has 33 heavy (non-hydrogen) atoms. The Morgan fingerprint density at radius 2 is 1.64 bits per heavy atom. The lowest BCUT2D eigenvalue weighted by molar-refractivity contribution is -0.157. The quantitative estimate of drug-likeness (QED) is 0.516. The summed E-state index contributed by atoms with van der Waals surface area (Å²) in [5.74, 6) is -0.752. The van der Waals surface area contributed by atoms with Crippen molar-refractivity contribution < 1.29 is 14.6 Å². The number of hydrogen-bond acceptors (Lipinski definition) is 6. The molecule has 2 atom stereocenters. The first kappa shape index (κ1) is 22.5. The predicted molar refractivity (Wildman–Crippen MR) is 127 cm³/mol. The summed E-state index contributed by atoms with van der Waals surface area (Å²) in [5, 5.41) is 18.5. The molecule has 0 saturated heterocycles. The second-order valence-electron chi connectivity index (χ2n) is 8.11. The number of allylic oxidation sites excluding steroid dienone is 1. The number of carbonyl (C=O) groups is 1. The summed E-state index contributed by atoms with van der Waals surface area (Å²) in [6.45, 7) is 3.42. The van der Waals surface area contributed by atoms with Crippen molar-refractivity contribution in [2.75, 3.05) is 6.61 Å². The van der Waals surface area contributed by atoms with E-state index in [2.05, 4.69) is 15.2 Å². The van der Waals surface area contributed by atoms with Gasteiger partial charge in [-0.1, -0.05) is 80.1 Å². The summed E-state index contributed by atoms with van der Waals surface area (Å²) in [6.07, 6.45) is 6.61. The maximum absolute atomic E-state index is 11.5. The fourth-order valence-corrected chi connectivity index (χ4v) is 4.21. The van der Waals surface area contributed by atoms with Crippen molar-refractivity contribution in [3.63, 3.8) is 0 Å². The monoisotopic (exact) mass is 442 g/mol. The SMILES string of the molecule is CCCC(OCC(=O)O)(c1nnc(-c2ccccc2)c(-c2ccccc2)n1)C1(C)C=CC=N1. The minimum atomic E-state index is -1.20. The first-order valence-electron chi connectivity index (χ1n) is 10.9. The molecule has 2 unspecified atom stereocenters. The van der Waals surface area contributed by atoms with Gasteiger partial charge < -0.3 is 9.84 Å². The fourth-order valence-electron chi connectivity index (χ4n) is 4.21. The number of aliphatic carboxylic acids is 1. The molecule has 0 spiro atoms. The molecule has 0 saturated carbocycles. The van der Waals surface area contributed by atoms with E-state index in [4.69, 9.17) is 9.72 Å². The smallest absolute Gasteiger partial charge is 0.329 e. The van der Waals surface area contributed by atoms with Gasteiger partial charge in [-0.3, -0.25) is 4.99 Å². The van der Waals surface area contributed by atoms with E-state index >= 15 is 0 Å². The van der Waals surface area contributed by atoms with Crippen LogP contribution in [0.2, 0.25) is 0 Å². The number of nitrogens with zero attached hydrogens (tertiary/aromatic N) is 4. The predicted octanol–water partition coefficient (Wildman–Crippen LogP) is 4.70. The van der Waals surface area contributed by atoms with Gasteiger partial charge in [0.25, 0.3) is 0 Å². The highest BCUT2D eigenvalue weighted by Crippen LogP contribution is 2.45. The van der Waals surface area contributed by atoms with Crippen LogP contribution in [-0.4, -0.2) is 44.6 Å². The van der Waals surface area contributed by atoms with Crippen LogP contribution in [0.1, 0.15) is 32.5 Å². The summed E-state index contributed by atoms with van der Waals surface area (Å²) < 4.78 is 6.11. The zero-order valence-electron chi connectivity index (χ0n) is 18.7. The molecule has 1 N–H and O–H groups in total. The van der Waals surface area contributed by atoms with Crippen LogP contribution in [0.3, 0.4) is 0 Å². The second-order valence-corrected chi connectivity index (χ2v) is 8.11. The van der Waals surface area contributed by atoms with E-state index in [1.165, 1.54) is 0 Å². The van der Waals surface area contributed by atoms with E-state index in [1.807, 2.05) is 86.7 Å². The van der Waals surface area contributed by atoms with Crippen LogP contribution < -0.4 is 0 Å². The Kier molecular flexibility index (Phi) is 6.42. The summed E-state index contributed by atoms with van der Waals surface area (Å²) in [7, 11) is 0. The average molecular weight is 443 g/mol. The van der Waals surface area contributed by atoms with E-state index in [9.17, 15) is 9.90 Å². The van der Waals surface area contributed by atoms with Gasteiger partial charge in [0, 0.05) is 17.3 Å². The normalized spacial score (nSPS) is 18.8. The summed E-state index contributed by atoms with van der Waals surface area (Å²) in [5.41, 5.74) is 0.996. The van der Waals surface area contributed by atoms with Crippen molar-refractivity contribution in [2.24, 2.45) is 4.99 Å². The molecule has 0 amide bonds. The highest BCUT2D eigenvalue weighted by Gasteiger charge is 2.53. The van der Waals surface area contributed by atoms with E-state index in [-0.39, 0.29) is 0 Å². The number of carboxylic acids is 1. The zero-order valence-corrected chi connectivity index (χ0v) is 18.7. The molecule has 0 fully saturated rings. The minimum absolute atomic E-state index is 0.315. The topological polar surface area (TPSA) is 97.6 Å². The molecule has 1 aliphatic rings. The lowest BCUT2D eigenvalue weighted by Crippen LogP contribution is -2.50. The third-order valence-corrected chi connectivity index (χ3v) is 5.85. The number of carboxylic acid groups (broad SMARTS) is 1. The van der Waals surface area contributed by atoms with Gasteiger partial charge in [0.15, 0.2) is 11.4 Å². The third-order valence-electron chi connectivity index (χ3n) is 5.85. The summed E-state index contributed by atoms with van der Waals surface area (Å²) in [4.78, 5) is 21.1. The lowest BCUT2D eigenvalue weighted by atomic mass is 9.77. The lowest BCUT2D eigenvalue weighted by Gasteiger charge is -2.41. The molecule has 0 bridgehead atoms. The van der Waals surface area contributed by atoms with Crippen molar-refractivity contribution in [3.05, 3.63) is 78.6 Å². The molecule has 0 aliphatic carbocycles. The Morgan fingerprint density at radius 3 is 2.18 bits per heavy atom. The Labute approximate surface area is 192 Å². The van der Waals surface area contributed by atoms with Crippen molar-refractivity contribution in [3.8, 4) is 22.5 Å². The average Bonchev–Trinajstić information content (AvgIpc) is 3.30. The number of aromatic nitrogens is 3. The van der Waals surface area contributed by atoms with Crippen molar-refractivity contribution in [2.45, 2.75) is 37.8 Å².